The molecule has 0 aliphatic rings. The predicted octanol–water partition coefficient (Wildman–Crippen LogP) is 4.28. The Kier molecular flexibility index (Phi) is 7.37. The fraction of sp³-hybridized carbons (Fsp3) is 0.182. The molecule has 0 aliphatic heterocycles. The molecule has 0 aliphatic carbocycles. The molecule has 26 heavy (non-hydrogen) atoms. The summed E-state index contributed by atoms with van der Waals surface area (Å²) in [5, 5.41) is 0. The highest BCUT2D eigenvalue weighted by molar-refractivity contribution is 5.88. The smallest absolute Gasteiger partial charge is 0.331 e. The van der Waals surface area contributed by atoms with Gasteiger partial charge in [-0.25, -0.2) is 9.59 Å². The van der Waals surface area contributed by atoms with Crippen molar-refractivity contribution in [1.82, 2.24) is 0 Å². The van der Waals surface area contributed by atoms with Crippen molar-refractivity contribution in [2.75, 3.05) is 0 Å². The number of rotatable bonds is 7. The molecule has 2 unspecified atom stereocenters. The molecule has 0 saturated carbocycles. The molecule has 2 aromatic carbocycles. The Morgan fingerprint density at radius 2 is 1.04 bits per heavy atom. The van der Waals surface area contributed by atoms with Gasteiger partial charge in [0.25, 0.3) is 0 Å². The van der Waals surface area contributed by atoms with Crippen LogP contribution in [-0.4, -0.2) is 24.1 Å². The number of hydrogen-bond donors (Lipinski definition) is 0. The third-order valence-electron chi connectivity index (χ3n) is 3.69. The summed E-state index contributed by atoms with van der Waals surface area (Å²) in [5.74, 6) is -0.965. The Labute approximate surface area is 153 Å². The van der Waals surface area contributed by atoms with Crippen LogP contribution >= 0.6 is 0 Å². The first kappa shape index (κ1) is 19.2. The Balaban J connectivity index is 1.80. The van der Waals surface area contributed by atoms with Crippen LogP contribution < -0.4 is 0 Å². The van der Waals surface area contributed by atoms with E-state index in [0.29, 0.717) is 0 Å². The largest absolute Gasteiger partial charge is 0.456 e. The lowest BCUT2D eigenvalue weighted by Crippen LogP contribution is -2.29. The van der Waals surface area contributed by atoms with Gasteiger partial charge in [0.05, 0.1) is 0 Å². The van der Waals surface area contributed by atoms with Gasteiger partial charge in [0.15, 0.2) is 0 Å². The highest BCUT2D eigenvalue weighted by Crippen LogP contribution is 2.08. The molecule has 0 bridgehead atoms. The molecule has 0 amide bonds. The summed E-state index contributed by atoms with van der Waals surface area (Å²) < 4.78 is 10.5. The molecule has 0 saturated heterocycles. The number of benzene rings is 2. The fourth-order valence-corrected chi connectivity index (χ4v) is 2.09. The number of carbonyl (C=O) groups is 2. The van der Waals surface area contributed by atoms with E-state index >= 15 is 0 Å². The van der Waals surface area contributed by atoms with E-state index in [2.05, 4.69) is 0 Å². The van der Waals surface area contributed by atoms with E-state index in [9.17, 15) is 9.59 Å². The van der Waals surface area contributed by atoms with Crippen LogP contribution in [-0.2, 0) is 19.1 Å². The van der Waals surface area contributed by atoms with Gasteiger partial charge in [-0.05, 0) is 37.1 Å². The van der Waals surface area contributed by atoms with Crippen LogP contribution in [0.5, 0.6) is 0 Å². The van der Waals surface area contributed by atoms with Crippen molar-refractivity contribution in [2.24, 2.45) is 0 Å². The topological polar surface area (TPSA) is 52.6 Å². The van der Waals surface area contributed by atoms with Crippen LogP contribution in [0, 0.1) is 0 Å². The zero-order valence-electron chi connectivity index (χ0n) is 14.9. The van der Waals surface area contributed by atoms with Gasteiger partial charge in [-0.15, -0.1) is 0 Å². The van der Waals surface area contributed by atoms with Crippen molar-refractivity contribution in [3.05, 3.63) is 83.9 Å². The Bertz CT molecular complexity index is 696. The van der Waals surface area contributed by atoms with Crippen molar-refractivity contribution in [1.29, 1.82) is 0 Å². The third-order valence-corrected chi connectivity index (χ3v) is 3.69. The van der Waals surface area contributed by atoms with Crippen LogP contribution in [0.15, 0.2) is 72.8 Å². The Hall–Kier alpha value is -3.14. The lowest BCUT2D eigenvalue weighted by Gasteiger charge is -2.19. The lowest BCUT2D eigenvalue weighted by atomic mass is 10.2. The molecule has 2 aromatic rings. The van der Waals surface area contributed by atoms with Gasteiger partial charge in [-0.2, -0.15) is 0 Å². The number of hydrogen-bond acceptors (Lipinski definition) is 4. The molecule has 0 aromatic heterocycles. The van der Waals surface area contributed by atoms with Gasteiger partial charge in [0.1, 0.15) is 12.2 Å². The van der Waals surface area contributed by atoms with E-state index < -0.39 is 24.1 Å². The van der Waals surface area contributed by atoms with Crippen LogP contribution in [0.2, 0.25) is 0 Å². The van der Waals surface area contributed by atoms with E-state index in [1.807, 2.05) is 60.7 Å². The van der Waals surface area contributed by atoms with E-state index in [1.54, 1.807) is 26.0 Å². The van der Waals surface area contributed by atoms with E-state index in [0.717, 1.165) is 11.1 Å². The fourth-order valence-electron chi connectivity index (χ4n) is 2.09. The average Bonchev–Trinajstić information content (AvgIpc) is 2.66. The number of ether oxygens (including phenoxy) is 2. The summed E-state index contributed by atoms with van der Waals surface area (Å²) in [7, 11) is 0. The normalized spacial score (nSPS) is 13.5. The molecule has 4 nitrogen and oxygen atoms in total. The summed E-state index contributed by atoms with van der Waals surface area (Å²) in [4.78, 5) is 23.7. The predicted molar refractivity (Wildman–Crippen MR) is 102 cm³/mol. The highest BCUT2D eigenvalue weighted by Gasteiger charge is 2.18. The minimum absolute atomic E-state index is 0.482. The molecule has 134 valence electrons. The first-order valence-corrected chi connectivity index (χ1v) is 8.42. The van der Waals surface area contributed by atoms with Crippen molar-refractivity contribution in [3.63, 3.8) is 0 Å². The molecule has 2 atom stereocenters. The van der Waals surface area contributed by atoms with Gasteiger partial charge in [0.2, 0.25) is 0 Å². The standard InChI is InChI=1S/C22H22O4/c1-17(25-21(23)15-13-19-9-5-3-6-10-19)18(2)26-22(24)16-14-20-11-7-4-8-12-20/h3-18H,1-2H3. The quantitative estimate of drug-likeness (QED) is 0.552. The molecule has 0 spiro atoms. The Morgan fingerprint density at radius 3 is 1.38 bits per heavy atom. The van der Waals surface area contributed by atoms with Crippen LogP contribution in [0.1, 0.15) is 25.0 Å². The minimum Gasteiger partial charge on any atom is -0.456 e. The summed E-state index contributed by atoms with van der Waals surface area (Å²) >= 11 is 0. The lowest BCUT2D eigenvalue weighted by molar-refractivity contribution is -0.158. The molecule has 4 heteroatoms. The maximum atomic E-state index is 11.9. The van der Waals surface area contributed by atoms with E-state index in [-0.39, 0.29) is 0 Å². The summed E-state index contributed by atoms with van der Waals surface area (Å²) in [6.07, 6.45) is 4.95. The van der Waals surface area contributed by atoms with E-state index in [4.69, 9.17) is 9.47 Å². The number of esters is 2. The van der Waals surface area contributed by atoms with Crippen molar-refractivity contribution < 1.29 is 19.1 Å². The first-order chi connectivity index (χ1) is 12.5. The van der Waals surface area contributed by atoms with Crippen LogP contribution in [0.4, 0.5) is 0 Å². The average molecular weight is 350 g/mol. The van der Waals surface area contributed by atoms with Crippen LogP contribution in [0.25, 0.3) is 12.2 Å². The molecule has 0 fully saturated rings. The first-order valence-electron chi connectivity index (χ1n) is 8.42. The van der Waals surface area contributed by atoms with E-state index in [1.165, 1.54) is 12.2 Å². The zero-order chi connectivity index (χ0) is 18.8. The van der Waals surface area contributed by atoms with Gasteiger partial charge in [-0.3, -0.25) is 0 Å². The molecule has 0 radical (unpaired) electrons. The van der Waals surface area contributed by atoms with Gasteiger partial charge >= 0.3 is 11.9 Å². The van der Waals surface area contributed by atoms with Gasteiger partial charge in [0, 0.05) is 12.2 Å². The second kappa shape index (κ2) is 9.99. The molecular weight excluding hydrogens is 328 g/mol. The SMILES string of the molecule is CC(OC(=O)C=Cc1ccccc1)C(C)OC(=O)C=Cc1ccccc1. The second-order valence-corrected chi connectivity index (χ2v) is 5.77. The van der Waals surface area contributed by atoms with Crippen molar-refractivity contribution in [2.45, 2.75) is 26.1 Å². The Morgan fingerprint density at radius 1 is 0.692 bits per heavy atom. The molecule has 2 rings (SSSR count). The summed E-state index contributed by atoms with van der Waals surface area (Å²) in [6, 6.07) is 18.9. The van der Waals surface area contributed by atoms with Crippen molar-refractivity contribution >= 4 is 24.1 Å². The minimum atomic E-state index is -0.558. The maximum absolute atomic E-state index is 11.9. The summed E-state index contributed by atoms with van der Waals surface area (Å²) in [6.45, 7) is 3.38. The molecular formula is C22H22O4. The van der Waals surface area contributed by atoms with Crippen LogP contribution in [0.3, 0.4) is 0 Å². The zero-order valence-corrected chi connectivity index (χ0v) is 14.9. The third kappa shape index (κ3) is 6.77. The monoisotopic (exact) mass is 350 g/mol. The van der Waals surface area contributed by atoms with Gasteiger partial charge < -0.3 is 9.47 Å². The summed E-state index contributed by atoms with van der Waals surface area (Å²) in [5.41, 5.74) is 1.81. The highest BCUT2D eigenvalue weighted by atomic mass is 16.6. The van der Waals surface area contributed by atoms with Gasteiger partial charge in [-0.1, -0.05) is 60.7 Å². The molecule has 0 N–H and O–H groups in total. The number of carbonyl (C=O) groups excluding carboxylic acids is 2. The van der Waals surface area contributed by atoms with Crippen molar-refractivity contribution in [3.8, 4) is 0 Å². The maximum Gasteiger partial charge on any atom is 0.331 e. The second-order valence-electron chi connectivity index (χ2n) is 5.77. The molecule has 0 heterocycles.